The minimum absolute atomic E-state index is 0.173. The largest absolute Gasteiger partial charge is 0.383 e. The molecule has 2 aliphatic heterocycles. The van der Waals surface area contributed by atoms with E-state index < -0.39 is 5.79 Å². The van der Waals surface area contributed by atoms with Crippen LogP contribution < -0.4 is 5.73 Å². The van der Waals surface area contributed by atoms with Crippen LogP contribution in [0.3, 0.4) is 0 Å². The fraction of sp³-hybridized carbons (Fsp3) is 0.353. The van der Waals surface area contributed by atoms with Gasteiger partial charge in [-0.15, -0.1) is 0 Å². The zero-order chi connectivity index (χ0) is 16.6. The first-order valence-corrected chi connectivity index (χ1v) is 7.90. The van der Waals surface area contributed by atoms with Crippen LogP contribution in [-0.4, -0.2) is 26.1 Å². The Bertz CT molecular complexity index is 800. The molecule has 0 aromatic heterocycles. The molecule has 24 heavy (non-hydrogen) atoms. The van der Waals surface area contributed by atoms with Crippen LogP contribution in [0.2, 0.25) is 0 Å². The van der Waals surface area contributed by atoms with E-state index in [1.54, 1.807) is 0 Å². The van der Waals surface area contributed by atoms with Gasteiger partial charge in [0.25, 0.3) is 0 Å². The van der Waals surface area contributed by atoms with Crippen molar-refractivity contribution in [2.45, 2.75) is 25.2 Å². The van der Waals surface area contributed by atoms with Crippen LogP contribution >= 0.6 is 0 Å². The molecule has 4 rings (SSSR count). The minimum Gasteiger partial charge on any atom is -0.383 e. The lowest BCUT2D eigenvalue weighted by atomic mass is 9.78. The summed E-state index contributed by atoms with van der Waals surface area (Å²) < 4.78 is 22.1. The number of nitrogens with zero attached hydrogens (tertiary/aromatic N) is 4. The SMILES string of the molecule is Nc1c2ncnc-2ncn1C1(F)CC(COCc2ccccc2)C1. The van der Waals surface area contributed by atoms with E-state index in [2.05, 4.69) is 15.0 Å². The number of aromatic nitrogens is 4. The van der Waals surface area contributed by atoms with Gasteiger partial charge in [-0.2, -0.15) is 0 Å². The number of alkyl halides is 1. The van der Waals surface area contributed by atoms with E-state index in [0.717, 1.165) is 5.56 Å². The fourth-order valence-electron chi connectivity index (χ4n) is 3.20. The highest BCUT2D eigenvalue weighted by molar-refractivity contribution is 5.64. The van der Waals surface area contributed by atoms with Crippen molar-refractivity contribution >= 4 is 5.82 Å². The first-order valence-electron chi connectivity index (χ1n) is 7.90. The predicted octanol–water partition coefficient (Wildman–Crippen LogP) is 2.61. The van der Waals surface area contributed by atoms with E-state index in [-0.39, 0.29) is 11.7 Å². The van der Waals surface area contributed by atoms with E-state index in [9.17, 15) is 0 Å². The van der Waals surface area contributed by atoms with Crippen molar-refractivity contribution in [3.05, 3.63) is 48.5 Å². The van der Waals surface area contributed by atoms with Gasteiger partial charge in [0.05, 0.1) is 13.2 Å². The number of ether oxygens (including phenoxy) is 1. The number of hydrogen-bond donors (Lipinski definition) is 1. The number of anilines is 1. The Labute approximate surface area is 138 Å². The Morgan fingerprint density at radius 3 is 2.79 bits per heavy atom. The molecule has 0 spiro atoms. The van der Waals surface area contributed by atoms with Gasteiger partial charge < -0.3 is 10.5 Å². The molecule has 3 aliphatic rings. The molecular weight excluding hydrogens is 309 g/mol. The Morgan fingerprint density at radius 2 is 2.00 bits per heavy atom. The summed E-state index contributed by atoms with van der Waals surface area (Å²) in [6.07, 6.45) is 3.51. The maximum absolute atomic E-state index is 15.1. The molecule has 1 aliphatic carbocycles. The molecule has 0 saturated heterocycles. The molecule has 2 N–H and O–H groups in total. The van der Waals surface area contributed by atoms with Crippen LogP contribution in [0.4, 0.5) is 10.2 Å². The number of halogens is 1. The molecule has 0 atom stereocenters. The second-order valence-corrected chi connectivity index (χ2v) is 6.24. The van der Waals surface area contributed by atoms with Crippen molar-refractivity contribution < 1.29 is 9.13 Å². The molecule has 0 amide bonds. The highest BCUT2D eigenvalue weighted by atomic mass is 19.1. The van der Waals surface area contributed by atoms with Crippen LogP contribution in [0.25, 0.3) is 11.5 Å². The number of benzene rings is 1. The van der Waals surface area contributed by atoms with E-state index >= 15 is 4.39 Å². The monoisotopic (exact) mass is 327 g/mol. The zero-order valence-electron chi connectivity index (χ0n) is 13.1. The van der Waals surface area contributed by atoms with Gasteiger partial charge in [-0.3, -0.25) is 4.57 Å². The van der Waals surface area contributed by atoms with Gasteiger partial charge in [0, 0.05) is 12.8 Å². The molecule has 0 unspecified atom stereocenters. The van der Waals surface area contributed by atoms with Gasteiger partial charge in [-0.1, -0.05) is 30.3 Å². The Balaban J connectivity index is 1.37. The lowest BCUT2D eigenvalue weighted by Gasteiger charge is -2.43. The standard InChI is InChI=1S/C17H18FN5O/c18-17(23-11-22-16-14(15(23)19)20-10-21-16)6-13(7-17)9-24-8-12-4-2-1-3-5-12/h1-5,10-11,13H,6-9,19H2. The molecule has 1 fully saturated rings. The predicted molar refractivity (Wildman–Crippen MR) is 86.8 cm³/mol. The van der Waals surface area contributed by atoms with Crippen molar-refractivity contribution in [1.29, 1.82) is 0 Å². The number of fused-ring (bicyclic) bond motifs is 1. The van der Waals surface area contributed by atoms with Crippen molar-refractivity contribution in [2.24, 2.45) is 5.92 Å². The first kappa shape index (κ1) is 15.0. The number of rotatable bonds is 5. The van der Waals surface area contributed by atoms with Crippen LogP contribution in [0.5, 0.6) is 0 Å². The topological polar surface area (TPSA) is 78.9 Å². The summed E-state index contributed by atoms with van der Waals surface area (Å²) in [4.78, 5) is 12.1. The molecule has 0 bridgehead atoms. The van der Waals surface area contributed by atoms with Crippen LogP contribution in [-0.2, 0) is 17.1 Å². The second kappa shape index (κ2) is 5.83. The average Bonchev–Trinajstić information content (AvgIpc) is 3.04. The normalized spacial score (nSPS) is 23.3. The smallest absolute Gasteiger partial charge is 0.189 e. The first-order chi connectivity index (χ1) is 11.7. The Morgan fingerprint density at radius 1 is 1.21 bits per heavy atom. The Hall–Kier alpha value is -2.54. The highest BCUT2D eigenvalue weighted by Crippen LogP contribution is 2.47. The van der Waals surface area contributed by atoms with Gasteiger partial charge in [0.2, 0.25) is 0 Å². The summed E-state index contributed by atoms with van der Waals surface area (Å²) in [5.74, 6) is -0.643. The summed E-state index contributed by atoms with van der Waals surface area (Å²) in [6.45, 7) is 1.08. The summed E-state index contributed by atoms with van der Waals surface area (Å²) in [7, 11) is 0. The maximum Gasteiger partial charge on any atom is 0.189 e. The fourth-order valence-corrected chi connectivity index (χ4v) is 3.20. The number of nitrogen functional groups attached to an aromatic ring is 1. The van der Waals surface area contributed by atoms with Crippen molar-refractivity contribution in [1.82, 2.24) is 19.5 Å². The second-order valence-electron chi connectivity index (χ2n) is 6.24. The van der Waals surface area contributed by atoms with E-state index in [4.69, 9.17) is 10.5 Å². The average molecular weight is 327 g/mol. The quantitative estimate of drug-likeness (QED) is 0.779. The third-order valence-electron chi connectivity index (χ3n) is 4.48. The molecule has 2 heterocycles. The van der Waals surface area contributed by atoms with Crippen LogP contribution in [0.15, 0.2) is 43.0 Å². The van der Waals surface area contributed by atoms with Gasteiger partial charge in [-0.05, 0) is 11.5 Å². The van der Waals surface area contributed by atoms with E-state index in [0.29, 0.717) is 37.6 Å². The molecular formula is C17H18FN5O. The molecule has 1 aromatic carbocycles. The molecule has 0 radical (unpaired) electrons. The van der Waals surface area contributed by atoms with Crippen molar-refractivity contribution in [3.8, 4) is 11.5 Å². The number of nitrogens with two attached hydrogens (primary N) is 1. The van der Waals surface area contributed by atoms with Crippen LogP contribution in [0, 0.1) is 5.92 Å². The van der Waals surface area contributed by atoms with Gasteiger partial charge in [0.15, 0.2) is 11.6 Å². The number of imidazole rings is 1. The molecule has 1 aromatic rings. The summed E-state index contributed by atoms with van der Waals surface area (Å²) in [5.41, 5.74) is 7.59. The zero-order valence-corrected chi connectivity index (χ0v) is 13.1. The third kappa shape index (κ3) is 2.60. The van der Waals surface area contributed by atoms with Crippen LogP contribution in [0.1, 0.15) is 18.4 Å². The van der Waals surface area contributed by atoms with Gasteiger partial charge in [-0.25, -0.2) is 19.3 Å². The molecule has 124 valence electrons. The van der Waals surface area contributed by atoms with Crippen molar-refractivity contribution in [3.63, 3.8) is 0 Å². The van der Waals surface area contributed by atoms with Gasteiger partial charge >= 0.3 is 0 Å². The Kier molecular flexibility index (Phi) is 3.65. The number of hydrogen-bond acceptors (Lipinski definition) is 5. The molecule has 7 heteroatoms. The van der Waals surface area contributed by atoms with E-state index in [1.807, 2.05) is 30.3 Å². The summed E-state index contributed by atoms with van der Waals surface area (Å²) in [5, 5.41) is 0. The molecule has 6 nitrogen and oxygen atoms in total. The van der Waals surface area contributed by atoms with Crippen molar-refractivity contribution in [2.75, 3.05) is 12.3 Å². The highest BCUT2D eigenvalue weighted by Gasteiger charge is 2.47. The van der Waals surface area contributed by atoms with Gasteiger partial charge in [0.1, 0.15) is 24.2 Å². The molecule has 1 saturated carbocycles. The summed E-state index contributed by atoms with van der Waals surface area (Å²) >= 11 is 0. The lowest BCUT2D eigenvalue weighted by Crippen LogP contribution is -2.45. The third-order valence-corrected chi connectivity index (χ3v) is 4.48. The van der Waals surface area contributed by atoms with E-state index in [1.165, 1.54) is 17.2 Å². The maximum atomic E-state index is 15.1. The lowest BCUT2D eigenvalue weighted by molar-refractivity contribution is -0.0938. The summed E-state index contributed by atoms with van der Waals surface area (Å²) in [6, 6.07) is 9.95. The minimum atomic E-state index is -1.52.